The summed E-state index contributed by atoms with van der Waals surface area (Å²) in [7, 11) is 0. The van der Waals surface area contributed by atoms with E-state index in [4.69, 9.17) is 5.73 Å². The molecular weight excluding hydrogens is 260 g/mol. The Hall–Kier alpha value is -2.09. The lowest BCUT2D eigenvalue weighted by Gasteiger charge is -2.12. The zero-order valence-corrected chi connectivity index (χ0v) is 11.7. The molecule has 2 rings (SSSR count). The molecule has 0 bridgehead atoms. The fraction of sp³-hybridized carbons (Fsp3) is 0.583. The minimum absolute atomic E-state index is 0.0398. The highest BCUT2D eigenvalue weighted by Crippen LogP contribution is 2.14. The number of H-pyrrole nitrogens is 2. The summed E-state index contributed by atoms with van der Waals surface area (Å²) in [5.41, 5.74) is 5.22. The number of aromatic amines is 2. The Morgan fingerprint density at radius 3 is 2.80 bits per heavy atom. The third-order valence-electron chi connectivity index (χ3n) is 3.28. The molecule has 0 saturated heterocycles. The van der Waals surface area contributed by atoms with Gasteiger partial charge in [0.25, 0.3) is 5.56 Å². The highest BCUT2D eigenvalue weighted by atomic mass is 16.2. The molecule has 0 fully saturated rings. The second-order valence-electron chi connectivity index (χ2n) is 4.74. The number of hydrogen-bond acceptors (Lipinski definition) is 5. The molecule has 0 aliphatic rings. The third kappa shape index (κ3) is 2.60. The molecule has 0 aromatic carbocycles. The Morgan fingerprint density at radius 1 is 1.40 bits per heavy atom. The van der Waals surface area contributed by atoms with Crippen LogP contribution in [0.5, 0.6) is 0 Å². The number of imidazole rings is 1. The number of anilines is 1. The molecule has 2 aromatic heterocycles. The van der Waals surface area contributed by atoms with Crippen LogP contribution in [-0.4, -0.2) is 32.6 Å². The Morgan fingerprint density at radius 2 is 2.15 bits per heavy atom. The molecule has 1 atom stereocenters. The number of hydrogen-bond donors (Lipinski definition) is 4. The number of rotatable bonds is 6. The van der Waals surface area contributed by atoms with Gasteiger partial charge in [-0.05, 0) is 26.3 Å². The average molecular weight is 280 g/mol. The first-order valence-corrected chi connectivity index (χ1v) is 6.77. The van der Waals surface area contributed by atoms with Gasteiger partial charge >= 0.3 is 5.69 Å². The van der Waals surface area contributed by atoms with Crippen molar-refractivity contribution in [1.29, 1.82) is 0 Å². The Bertz CT molecular complexity index is 698. The molecule has 110 valence electrons. The second-order valence-corrected chi connectivity index (χ2v) is 4.74. The van der Waals surface area contributed by atoms with Crippen LogP contribution >= 0.6 is 0 Å². The topological polar surface area (TPSA) is 122 Å². The minimum Gasteiger partial charge on any atom is -0.356 e. The molecule has 0 aliphatic carbocycles. The molecule has 2 aromatic rings. The maximum absolute atomic E-state index is 11.9. The van der Waals surface area contributed by atoms with Crippen LogP contribution in [0.4, 0.5) is 5.95 Å². The van der Waals surface area contributed by atoms with E-state index in [1.54, 1.807) is 0 Å². The van der Waals surface area contributed by atoms with Crippen LogP contribution in [0, 0.1) is 0 Å². The van der Waals surface area contributed by atoms with Crippen LogP contribution in [0.2, 0.25) is 0 Å². The number of nitrogens with two attached hydrogens (primary N) is 1. The first kappa shape index (κ1) is 14.3. The summed E-state index contributed by atoms with van der Waals surface area (Å²) in [6.45, 7) is 5.11. The predicted octanol–water partition coefficient (Wildman–Crippen LogP) is 0.145. The second kappa shape index (κ2) is 5.91. The van der Waals surface area contributed by atoms with Gasteiger partial charge < -0.3 is 16.0 Å². The Kier molecular flexibility index (Phi) is 4.23. The summed E-state index contributed by atoms with van der Waals surface area (Å²) in [5, 5.41) is 3.05. The molecule has 1 unspecified atom stereocenters. The first-order chi connectivity index (χ1) is 9.58. The van der Waals surface area contributed by atoms with Crippen molar-refractivity contribution in [1.82, 2.24) is 19.5 Å². The molecule has 0 saturated carbocycles. The van der Waals surface area contributed by atoms with Crippen molar-refractivity contribution >= 4 is 17.1 Å². The van der Waals surface area contributed by atoms with Crippen LogP contribution in [-0.2, 0) is 0 Å². The molecule has 5 N–H and O–H groups in total. The molecule has 8 nitrogen and oxygen atoms in total. The van der Waals surface area contributed by atoms with Crippen LogP contribution < -0.4 is 22.3 Å². The van der Waals surface area contributed by atoms with Gasteiger partial charge in [0.1, 0.15) is 0 Å². The van der Waals surface area contributed by atoms with E-state index in [1.807, 2.05) is 13.8 Å². The smallest absolute Gasteiger partial charge is 0.330 e. The van der Waals surface area contributed by atoms with Crippen molar-refractivity contribution in [2.75, 3.05) is 18.4 Å². The standard InChI is InChI=1S/C12H20N6O2/c1-3-7(2)18-9-8(10(19)17-12(18)20)15-11(16-9)14-6-4-5-13/h7H,3-6,13H2,1-2H3,(H2,14,15,16)(H,17,19,20). The number of fused-ring (bicyclic) bond motifs is 1. The van der Waals surface area contributed by atoms with E-state index in [2.05, 4.69) is 20.3 Å². The van der Waals surface area contributed by atoms with Gasteiger partial charge in [0.15, 0.2) is 11.2 Å². The fourth-order valence-electron chi connectivity index (χ4n) is 2.00. The Balaban J connectivity index is 2.51. The summed E-state index contributed by atoms with van der Waals surface area (Å²) in [4.78, 5) is 33.3. The lowest BCUT2D eigenvalue weighted by atomic mass is 10.2. The monoisotopic (exact) mass is 280 g/mol. The van der Waals surface area contributed by atoms with E-state index in [0.717, 1.165) is 12.8 Å². The van der Waals surface area contributed by atoms with Gasteiger partial charge in [-0.2, -0.15) is 4.98 Å². The highest BCUT2D eigenvalue weighted by Gasteiger charge is 2.15. The van der Waals surface area contributed by atoms with E-state index in [9.17, 15) is 9.59 Å². The fourth-order valence-corrected chi connectivity index (χ4v) is 2.00. The SMILES string of the molecule is CCC(C)n1c(=O)[nH]c(=O)c2[nH]c(NCCCN)nc21. The average Bonchev–Trinajstić information content (AvgIpc) is 2.83. The largest absolute Gasteiger partial charge is 0.356 e. The van der Waals surface area contributed by atoms with E-state index in [1.165, 1.54) is 4.57 Å². The van der Waals surface area contributed by atoms with Crippen molar-refractivity contribution in [3.63, 3.8) is 0 Å². The molecular formula is C12H20N6O2. The molecule has 0 amide bonds. The molecule has 2 heterocycles. The van der Waals surface area contributed by atoms with Gasteiger partial charge in [0, 0.05) is 12.6 Å². The van der Waals surface area contributed by atoms with Gasteiger partial charge in [-0.15, -0.1) is 0 Å². The lowest BCUT2D eigenvalue weighted by Crippen LogP contribution is -2.32. The summed E-state index contributed by atoms with van der Waals surface area (Å²) < 4.78 is 1.50. The maximum atomic E-state index is 11.9. The normalized spacial score (nSPS) is 12.8. The van der Waals surface area contributed by atoms with E-state index >= 15 is 0 Å². The first-order valence-electron chi connectivity index (χ1n) is 6.77. The van der Waals surface area contributed by atoms with E-state index in [0.29, 0.717) is 30.2 Å². The maximum Gasteiger partial charge on any atom is 0.330 e. The van der Waals surface area contributed by atoms with E-state index in [-0.39, 0.29) is 6.04 Å². The number of nitrogens with one attached hydrogen (secondary N) is 3. The molecule has 0 spiro atoms. The van der Waals surface area contributed by atoms with Gasteiger partial charge in [0.05, 0.1) is 0 Å². The number of aromatic nitrogens is 4. The van der Waals surface area contributed by atoms with Crippen molar-refractivity contribution in [2.24, 2.45) is 5.73 Å². The molecule has 0 radical (unpaired) electrons. The van der Waals surface area contributed by atoms with Crippen LogP contribution in [0.15, 0.2) is 9.59 Å². The van der Waals surface area contributed by atoms with Crippen LogP contribution in [0.1, 0.15) is 32.7 Å². The van der Waals surface area contributed by atoms with Crippen molar-refractivity contribution < 1.29 is 0 Å². The lowest BCUT2D eigenvalue weighted by molar-refractivity contribution is 0.517. The van der Waals surface area contributed by atoms with Gasteiger partial charge in [-0.3, -0.25) is 14.3 Å². The summed E-state index contributed by atoms with van der Waals surface area (Å²) >= 11 is 0. The van der Waals surface area contributed by atoms with Gasteiger partial charge in [0.2, 0.25) is 5.95 Å². The quantitative estimate of drug-likeness (QED) is 0.561. The van der Waals surface area contributed by atoms with Gasteiger partial charge in [-0.25, -0.2) is 4.79 Å². The van der Waals surface area contributed by atoms with Crippen molar-refractivity contribution in [3.05, 3.63) is 20.8 Å². The summed E-state index contributed by atoms with van der Waals surface area (Å²) in [6, 6.07) is -0.0398. The van der Waals surface area contributed by atoms with E-state index < -0.39 is 11.2 Å². The summed E-state index contributed by atoms with van der Waals surface area (Å²) in [5.74, 6) is 0.474. The van der Waals surface area contributed by atoms with Gasteiger partial charge in [-0.1, -0.05) is 6.92 Å². The molecule has 20 heavy (non-hydrogen) atoms. The zero-order chi connectivity index (χ0) is 14.7. The van der Waals surface area contributed by atoms with Crippen molar-refractivity contribution in [2.45, 2.75) is 32.7 Å². The molecule has 8 heteroatoms. The van der Waals surface area contributed by atoms with Crippen molar-refractivity contribution in [3.8, 4) is 0 Å². The minimum atomic E-state index is -0.455. The summed E-state index contributed by atoms with van der Waals surface area (Å²) in [6.07, 6.45) is 1.56. The third-order valence-corrected chi connectivity index (χ3v) is 3.28. The number of nitrogens with zero attached hydrogens (tertiary/aromatic N) is 2. The predicted molar refractivity (Wildman–Crippen MR) is 78.1 cm³/mol. The Labute approximate surface area is 115 Å². The van der Waals surface area contributed by atoms with Crippen LogP contribution in [0.3, 0.4) is 0 Å². The molecule has 0 aliphatic heterocycles. The van der Waals surface area contributed by atoms with Crippen LogP contribution in [0.25, 0.3) is 11.2 Å². The highest BCUT2D eigenvalue weighted by molar-refractivity contribution is 5.72. The zero-order valence-electron chi connectivity index (χ0n) is 11.7.